The first-order valence-corrected chi connectivity index (χ1v) is 6.71. The first-order valence-electron chi connectivity index (χ1n) is 5.23. The van der Waals surface area contributed by atoms with E-state index in [1.165, 1.54) is 6.26 Å². The molecule has 1 aliphatic rings. The lowest BCUT2D eigenvalue weighted by Crippen LogP contribution is -2.20. The van der Waals surface area contributed by atoms with E-state index in [4.69, 9.17) is 9.68 Å². The summed E-state index contributed by atoms with van der Waals surface area (Å²) in [5, 5.41) is 9.55. The molecule has 2 aromatic rings. The molecule has 0 unspecified atom stereocenters. The van der Waals surface area contributed by atoms with Gasteiger partial charge in [-0.2, -0.15) is 5.26 Å². The summed E-state index contributed by atoms with van der Waals surface area (Å²) in [4.78, 5) is 0.132. The van der Waals surface area contributed by atoms with Gasteiger partial charge < -0.3 is 4.42 Å². The lowest BCUT2D eigenvalue weighted by Gasteiger charge is -2.05. The third kappa shape index (κ3) is 1.25. The number of sulfone groups is 1. The molecule has 3 rings (SSSR count). The molecule has 1 aliphatic carbocycles. The van der Waals surface area contributed by atoms with Gasteiger partial charge in [0.25, 0.3) is 0 Å². The molecule has 1 fully saturated rings. The van der Waals surface area contributed by atoms with Crippen molar-refractivity contribution >= 4 is 20.8 Å². The molecule has 0 bridgehead atoms. The van der Waals surface area contributed by atoms with E-state index in [9.17, 15) is 8.42 Å². The van der Waals surface area contributed by atoms with Gasteiger partial charge >= 0.3 is 0 Å². The molecule has 0 saturated heterocycles. The van der Waals surface area contributed by atoms with Crippen LogP contribution in [-0.2, 0) is 9.84 Å². The molecule has 1 aromatic heterocycles. The van der Waals surface area contributed by atoms with Crippen LogP contribution < -0.4 is 0 Å². The molecule has 17 heavy (non-hydrogen) atoms. The van der Waals surface area contributed by atoms with Crippen molar-refractivity contribution in [2.24, 2.45) is 0 Å². The second-order valence-electron chi connectivity index (χ2n) is 4.21. The highest BCUT2D eigenvalue weighted by atomic mass is 32.2. The van der Waals surface area contributed by atoms with E-state index in [1.54, 1.807) is 24.3 Å². The molecule has 0 atom stereocenters. The van der Waals surface area contributed by atoms with Crippen molar-refractivity contribution in [2.45, 2.75) is 22.5 Å². The monoisotopic (exact) mass is 247 g/mol. The van der Waals surface area contributed by atoms with Gasteiger partial charge in [-0.05, 0) is 25.0 Å². The SMILES string of the molecule is N#CC1(S(=O)(=O)c2coc3ccccc23)CC1. The number of nitriles is 1. The van der Waals surface area contributed by atoms with Crippen LogP contribution in [0.2, 0.25) is 0 Å². The van der Waals surface area contributed by atoms with E-state index in [1.807, 2.05) is 6.07 Å². The summed E-state index contributed by atoms with van der Waals surface area (Å²) < 4.78 is 28.7. The van der Waals surface area contributed by atoms with Gasteiger partial charge in [-0.1, -0.05) is 12.1 Å². The Morgan fingerprint density at radius 1 is 1.29 bits per heavy atom. The summed E-state index contributed by atoms with van der Waals surface area (Å²) in [5.74, 6) is 0. The van der Waals surface area contributed by atoms with Crippen LogP contribution in [0.4, 0.5) is 0 Å². The number of benzene rings is 1. The maximum atomic E-state index is 12.3. The van der Waals surface area contributed by atoms with E-state index in [2.05, 4.69) is 0 Å². The van der Waals surface area contributed by atoms with Gasteiger partial charge in [-0.25, -0.2) is 8.42 Å². The number of fused-ring (bicyclic) bond motifs is 1. The fraction of sp³-hybridized carbons (Fsp3) is 0.250. The molecular weight excluding hydrogens is 238 g/mol. The standard InChI is InChI=1S/C12H9NO3S/c13-8-12(5-6-12)17(14,15)11-7-16-10-4-2-1-3-9(10)11/h1-4,7H,5-6H2. The minimum atomic E-state index is -3.62. The highest BCUT2D eigenvalue weighted by Gasteiger charge is 2.56. The smallest absolute Gasteiger partial charge is 0.201 e. The van der Waals surface area contributed by atoms with E-state index in [0.717, 1.165) is 0 Å². The van der Waals surface area contributed by atoms with E-state index in [-0.39, 0.29) is 4.90 Å². The van der Waals surface area contributed by atoms with Crippen molar-refractivity contribution in [2.75, 3.05) is 0 Å². The first kappa shape index (κ1) is 10.4. The quantitative estimate of drug-likeness (QED) is 0.816. The number of para-hydroxylation sites is 1. The van der Waals surface area contributed by atoms with Crippen molar-refractivity contribution in [1.29, 1.82) is 5.26 Å². The molecule has 0 amide bonds. The molecule has 1 aromatic carbocycles. The Morgan fingerprint density at radius 3 is 2.65 bits per heavy atom. The summed E-state index contributed by atoms with van der Waals surface area (Å²) in [7, 11) is -3.62. The van der Waals surface area contributed by atoms with Gasteiger partial charge in [0.05, 0.1) is 6.07 Å². The molecule has 0 aliphatic heterocycles. The van der Waals surface area contributed by atoms with E-state index < -0.39 is 14.6 Å². The molecular formula is C12H9NO3S. The van der Waals surface area contributed by atoms with Gasteiger partial charge in [0.15, 0.2) is 4.75 Å². The molecule has 0 radical (unpaired) electrons. The zero-order valence-electron chi connectivity index (χ0n) is 8.88. The Morgan fingerprint density at radius 2 is 2.00 bits per heavy atom. The Balaban J connectivity index is 2.27. The van der Waals surface area contributed by atoms with Crippen molar-refractivity contribution in [1.82, 2.24) is 0 Å². The largest absolute Gasteiger partial charge is 0.463 e. The predicted octanol–water partition coefficient (Wildman–Crippen LogP) is 2.26. The van der Waals surface area contributed by atoms with Crippen molar-refractivity contribution in [3.63, 3.8) is 0 Å². The third-order valence-corrected chi connectivity index (χ3v) is 5.58. The molecule has 86 valence electrons. The van der Waals surface area contributed by atoms with Gasteiger partial charge in [0.1, 0.15) is 16.7 Å². The second kappa shape index (κ2) is 3.11. The number of nitrogens with zero attached hydrogens (tertiary/aromatic N) is 1. The summed E-state index contributed by atoms with van der Waals surface area (Å²) in [6, 6.07) is 8.85. The average Bonchev–Trinajstić information content (AvgIpc) is 3.02. The molecule has 1 saturated carbocycles. The summed E-state index contributed by atoms with van der Waals surface area (Å²) >= 11 is 0. The maximum Gasteiger partial charge on any atom is 0.201 e. The van der Waals surface area contributed by atoms with E-state index in [0.29, 0.717) is 23.8 Å². The van der Waals surface area contributed by atoms with Gasteiger partial charge in [-0.15, -0.1) is 0 Å². The molecule has 5 heteroatoms. The van der Waals surface area contributed by atoms with Crippen molar-refractivity contribution < 1.29 is 12.8 Å². The highest BCUT2D eigenvalue weighted by Crippen LogP contribution is 2.47. The summed E-state index contributed by atoms with van der Waals surface area (Å²) in [5.41, 5.74) is 0.528. The van der Waals surface area contributed by atoms with Crippen molar-refractivity contribution in [3.8, 4) is 6.07 Å². The molecule has 0 spiro atoms. The molecule has 0 N–H and O–H groups in total. The maximum absolute atomic E-state index is 12.3. The van der Waals surface area contributed by atoms with Crippen LogP contribution in [0.25, 0.3) is 11.0 Å². The third-order valence-electron chi connectivity index (χ3n) is 3.16. The summed E-state index contributed by atoms with van der Waals surface area (Å²) in [6.45, 7) is 0. The predicted molar refractivity (Wildman–Crippen MR) is 61.0 cm³/mol. The lowest BCUT2D eigenvalue weighted by molar-refractivity contribution is 0.578. The Kier molecular flexibility index (Phi) is 1.90. The first-order chi connectivity index (χ1) is 8.11. The lowest BCUT2D eigenvalue weighted by atomic mass is 10.3. The van der Waals surface area contributed by atoms with Gasteiger partial charge in [0, 0.05) is 5.39 Å². The second-order valence-corrected chi connectivity index (χ2v) is 6.43. The fourth-order valence-electron chi connectivity index (χ4n) is 1.93. The Hall–Kier alpha value is -1.80. The number of rotatable bonds is 2. The molecule has 4 nitrogen and oxygen atoms in total. The average molecular weight is 247 g/mol. The van der Waals surface area contributed by atoms with Crippen LogP contribution in [-0.4, -0.2) is 13.2 Å². The highest BCUT2D eigenvalue weighted by molar-refractivity contribution is 7.93. The zero-order chi connectivity index (χ0) is 12.1. The van der Waals surface area contributed by atoms with Crippen LogP contribution in [0.1, 0.15) is 12.8 Å². The van der Waals surface area contributed by atoms with Crippen LogP contribution >= 0.6 is 0 Å². The Labute approximate surface area is 98.4 Å². The van der Waals surface area contributed by atoms with Crippen LogP contribution in [0.15, 0.2) is 39.8 Å². The summed E-state index contributed by atoms with van der Waals surface area (Å²) in [6.07, 6.45) is 2.05. The van der Waals surface area contributed by atoms with Crippen molar-refractivity contribution in [3.05, 3.63) is 30.5 Å². The normalized spacial score (nSPS) is 17.8. The van der Waals surface area contributed by atoms with Crippen LogP contribution in [0.5, 0.6) is 0 Å². The number of hydrogen-bond acceptors (Lipinski definition) is 4. The fourth-order valence-corrected chi connectivity index (χ4v) is 3.74. The zero-order valence-corrected chi connectivity index (χ0v) is 9.70. The van der Waals surface area contributed by atoms with Gasteiger partial charge in [-0.3, -0.25) is 0 Å². The van der Waals surface area contributed by atoms with Crippen LogP contribution in [0, 0.1) is 11.3 Å². The topological polar surface area (TPSA) is 71.1 Å². The Bertz CT molecular complexity index is 732. The van der Waals surface area contributed by atoms with Crippen LogP contribution in [0.3, 0.4) is 0 Å². The minimum absolute atomic E-state index is 0.132. The molecule has 1 heterocycles. The number of hydrogen-bond donors (Lipinski definition) is 0. The minimum Gasteiger partial charge on any atom is -0.463 e. The van der Waals surface area contributed by atoms with E-state index >= 15 is 0 Å². The number of furan rings is 1. The van der Waals surface area contributed by atoms with Gasteiger partial charge in [0.2, 0.25) is 9.84 Å².